The molecule has 4 rings (SSSR count). The predicted molar refractivity (Wildman–Crippen MR) is 138 cm³/mol. The Hall–Kier alpha value is -2.53. The van der Waals surface area contributed by atoms with Crippen molar-refractivity contribution in [3.63, 3.8) is 0 Å². The maximum absolute atomic E-state index is 12.6. The fourth-order valence-electron chi connectivity index (χ4n) is 5.08. The molecule has 1 saturated heterocycles. The molecule has 2 aliphatic rings. The summed E-state index contributed by atoms with van der Waals surface area (Å²) in [5, 5.41) is 3.54. The number of benzene rings is 2. The maximum Gasteiger partial charge on any atom is 0.264 e. The van der Waals surface area contributed by atoms with Gasteiger partial charge >= 0.3 is 0 Å². The zero-order valence-electron chi connectivity index (χ0n) is 20.1. The summed E-state index contributed by atoms with van der Waals surface area (Å²) in [6, 6.07) is 13.1. The number of carbonyl (C=O) groups is 1. The minimum atomic E-state index is -0.0895. The Morgan fingerprint density at radius 1 is 1.16 bits per heavy atom. The minimum Gasteiger partial charge on any atom is -0.364 e. The number of nitrogens with zero attached hydrogens (tertiary/aromatic N) is 2. The van der Waals surface area contributed by atoms with E-state index in [2.05, 4.69) is 87.9 Å². The topological polar surface area (TPSA) is 44.7 Å². The quantitative estimate of drug-likeness (QED) is 0.533. The van der Waals surface area contributed by atoms with E-state index in [0.717, 1.165) is 17.7 Å². The van der Waals surface area contributed by atoms with Crippen molar-refractivity contribution in [3.8, 4) is 0 Å². The molecule has 32 heavy (non-hydrogen) atoms. The average Bonchev–Trinajstić information content (AvgIpc) is 3.03. The van der Waals surface area contributed by atoms with E-state index in [4.69, 9.17) is 0 Å². The number of aliphatic imine (C=N–C) groups is 1. The van der Waals surface area contributed by atoms with Gasteiger partial charge in [-0.15, -0.1) is 0 Å². The van der Waals surface area contributed by atoms with Gasteiger partial charge in [-0.1, -0.05) is 19.1 Å². The number of carbonyl (C=O) groups excluding carboxylic acids is 1. The number of amidine groups is 1. The van der Waals surface area contributed by atoms with Crippen LogP contribution in [0.15, 0.2) is 46.3 Å². The number of anilines is 1. The van der Waals surface area contributed by atoms with Crippen molar-refractivity contribution in [3.05, 3.63) is 63.6 Å². The van der Waals surface area contributed by atoms with Crippen LogP contribution in [0.2, 0.25) is 0 Å². The molecule has 1 fully saturated rings. The van der Waals surface area contributed by atoms with E-state index >= 15 is 0 Å². The highest BCUT2D eigenvalue weighted by Gasteiger charge is 2.37. The second-order valence-electron chi connectivity index (χ2n) is 9.95. The summed E-state index contributed by atoms with van der Waals surface area (Å²) >= 11 is 1.40. The highest BCUT2D eigenvalue weighted by molar-refractivity contribution is 8.18. The first-order valence-electron chi connectivity index (χ1n) is 11.4. The fraction of sp³-hybridized carbons (Fsp3) is 0.407. The Labute approximate surface area is 196 Å². The Morgan fingerprint density at radius 3 is 2.59 bits per heavy atom. The zero-order chi connectivity index (χ0) is 23.2. The summed E-state index contributed by atoms with van der Waals surface area (Å²) in [6.45, 7) is 15.6. The molecular formula is C27H33N3OS. The van der Waals surface area contributed by atoms with Crippen LogP contribution in [-0.4, -0.2) is 22.7 Å². The lowest BCUT2D eigenvalue weighted by Crippen LogP contribution is -2.51. The average molecular weight is 448 g/mol. The van der Waals surface area contributed by atoms with Crippen LogP contribution in [0, 0.1) is 13.8 Å². The molecule has 0 bridgehead atoms. The van der Waals surface area contributed by atoms with Crippen molar-refractivity contribution >= 4 is 40.3 Å². The molecule has 5 heteroatoms. The number of nitrogens with one attached hydrogen (secondary N) is 1. The smallest absolute Gasteiger partial charge is 0.264 e. The number of hydrogen-bond donors (Lipinski definition) is 1. The van der Waals surface area contributed by atoms with Crippen molar-refractivity contribution in [2.24, 2.45) is 4.99 Å². The lowest BCUT2D eigenvalue weighted by atomic mass is 9.79. The third kappa shape index (κ3) is 4.36. The van der Waals surface area contributed by atoms with Gasteiger partial charge in [-0.25, -0.2) is 4.99 Å². The van der Waals surface area contributed by atoms with Gasteiger partial charge in [0.1, 0.15) is 0 Å². The summed E-state index contributed by atoms with van der Waals surface area (Å²) in [5.41, 5.74) is 7.14. The fourth-order valence-corrected chi connectivity index (χ4v) is 5.92. The van der Waals surface area contributed by atoms with Crippen molar-refractivity contribution in [2.45, 2.75) is 72.4 Å². The van der Waals surface area contributed by atoms with Crippen LogP contribution in [0.4, 0.5) is 11.4 Å². The molecule has 168 valence electrons. The molecule has 0 aromatic heterocycles. The molecule has 4 nitrogen and oxygen atoms in total. The van der Waals surface area contributed by atoms with Crippen LogP contribution >= 0.6 is 11.8 Å². The monoisotopic (exact) mass is 447 g/mol. The van der Waals surface area contributed by atoms with Gasteiger partial charge in [0, 0.05) is 17.3 Å². The van der Waals surface area contributed by atoms with Crippen LogP contribution in [0.3, 0.4) is 0 Å². The summed E-state index contributed by atoms with van der Waals surface area (Å²) in [7, 11) is 0. The molecule has 2 aromatic rings. The molecule has 2 aliphatic heterocycles. The van der Waals surface area contributed by atoms with Gasteiger partial charge in [-0.05, 0) is 118 Å². The van der Waals surface area contributed by atoms with E-state index in [9.17, 15) is 4.79 Å². The number of fused-ring (bicyclic) bond motifs is 1. The molecule has 1 atom stereocenters. The van der Waals surface area contributed by atoms with Crippen molar-refractivity contribution in [1.29, 1.82) is 0 Å². The molecular weight excluding hydrogens is 414 g/mol. The minimum absolute atomic E-state index is 0.0895. The molecule has 0 unspecified atom stereocenters. The molecule has 1 N–H and O–H groups in total. The molecule has 0 aliphatic carbocycles. The number of amides is 1. The summed E-state index contributed by atoms with van der Waals surface area (Å²) < 4.78 is 0. The predicted octanol–water partition coefficient (Wildman–Crippen LogP) is 6.70. The Balaban J connectivity index is 1.62. The third-order valence-corrected chi connectivity index (χ3v) is 7.40. The molecule has 0 spiro atoms. The standard InChI is InChI=1S/C27H33N3OS/c1-16(2)30-23-11-9-20(13-22(23)19(5)15-27(30,6)7)14-24-25(31)29-26(32-24)28-21-10-8-17(3)18(4)12-21/h8-14,16,19H,15H2,1-7H3,(H,28,29,31)/b24-14-/t19-/m0/s1. The van der Waals surface area contributed by atoms with E-state index in [-0.39, 0.29) is 11.4 Å². The number of rotatable bonds is 3. The summed E-state index contributed by atoms with van der Waals surface area (Å²) in [6.07, 6.45) is 3.09. The number of aryl methyl sites for hydroxylation is 2. The third-order valence-electron chi connectivity index (χ3n) is 6.49. The van der Waals surface area contributed by atoms with E-state index in [0.29, 0.717) is 22.0 Å². The van der Waals surface area contributed by atoms with E-state index < -0.39 is 0 Å². The lowest BCUT2D eigenvalue weighted by molar-refractivity contribution is -0.115. The SMILES string of the molecule is Cc1ccc(N=C2NC(=O)/C(=C/c3ccc4c(c3)[C@@H](C)CC(C)(C)N4C(C)C)S2)cc1C. The lowest BCUT2D eigenvalue weighted by Gasteiger charge is -2.50. The number of hydrogen-bond acceptors (Lipinski definition) is 4. The van der Waals surface area contributed by atoms with Gasteiger partial charge in [0.15, 0.2) is 5.17 Å². The van der Waals surface area contributed by atoms with Gasteiger partial charge in [0.05, 0.1) is 10.6 Å². The molecule has 1 amide bonds. The van der Waals surface area contributed by atoms with Crippen LogP contribution in [0.25, 0.3) is 6.08 Å². The Bertz CT molecular complexity index is 1130. The van der Waals surface area contributed by atoms with Crippen LogP contribution < -0.4 is 10.2 Å². The normalized spacial score (nSPS) is 22.6. The molecule has 2 heterocycles. The highest BCUT2D eigenvalue weighted by Crippen LogP contribution is 2.45. The zero-order valence-corrected chi connectivity index (χ0v) is 20.9. The first-order valence-corrected chi connectivity index (χ1v) is 12.2. The van der Waals surface area contributed by atoms with Gasteiger partial charge in [-0.3, -0.25) is 4.79 Å². The molecule has 0 saturated carbocycles. The van der Waals surface area contributed by atoms with E-state index in [1.165, 1.54) is 34.1 Å². The Morgan fingerprint density at radius 2 is 1.91 bits per heavy atom. The van der Waals surface area contributed by atoms with Gasteiger partial charge in [-0.2, -0.15) is 0 Å². The largest absolute Gasteiger partial charge is 0.364 e. The second kappa shape index (κ2) is 8.43. The Kier molecular flexibility index (Phi) is 5.97. The van der Waals surface area contributed by atoms with E-state index in [1.54, 1.807) is 0 Å². The van der Waals surface area contributed by atoms with Crippen molar-refractivity contribution in [2.75, 3.05) is 4.90 Å². The van der Waals surface area contributed by atoms with Crippen molar-refractivity contribution in [1.82, 2.24) is 5.32 Å². The second-order valence-corrected chi connectivity index (χ2v) is 11.0. The molecule has 0 radical (unpaired) electrons. The van der Waals surface area contributed by atoms with Gasteiger partial charge in [0.2, 0.25) is 0 Å². The first-order chi connectivity index (χ1) is 15.0. The van der Waals surface area contributed by atoms with Crippen LogP contribution in [0.1, 0.15) is 69.2 Å². The summed E-state index contributed by atoms with van der Waals surface area (Å²) in [4.78, 5) is 20.4. The van der Waals surface area contributed by atoms with Crippen LogP contribution in [0.5, 0.6) is 0 Å². The van der Waals surface area contributed by atoms with Crippen molar-refractivity contribution < 1.29 is 4.79 Å². The maximum atomic E-state index is 12.6. The summed E-state index contributed by atoms with van der Waals surface area (Å²) in [5.74, 6) is 0.383. The molecule has 2 aromatic carbocycles. The van der Waals surface area contributed by atoms with E-state index in [1.807, 2.05) is 18.2 Å². The highest BCUT2D eigenvalue weighted by atomic mass is 32.2. The van der Waals surface area contributed by atoms with Crippen LogP contribution in [-0.2, 0) is 4.79 Å². The van der Waals surface area contributed by atoms with Gasteiger partial charge in [0.25, 0.3) is 5.91 Å². The van der Waals surface area contributed by atoms with Gasteiger partial charge < -0.3 is 10.2 Å². The first kappa shape index (κ1) is 22.7. The number of thioether (sulfide) groups is 1.